The van der Waals surface area contributed by atoms with Gasteiger partial charge in [-0.25, -0.2) is 9.59 Å². The van der Waals surface area contributed by atoms with Crippen molar-refractivity contribution in [3.63, 3.8) is 0 Å². The van der Waals surface area contributed by atoms with Gasteiger partial charge in [0.05, 0.1) is 23.4 Å². The van der Waals surface area contributed by atoms with E-state index in [0.717, 1.165) is 32.5 Å². The van der Waals surface area contributed by atoms with Crippen molar-refractivity contribution in [3.05, 3.63) is 22.7 Å². The highest BCUT2D eigenvalue weighted by molar-refractivity contribution is 6.33. The number of likely N-dealkylation sites (tertiary alicyclic amines) is 2. The van der Waals surface area contributed by atoms with Crippen molar-refractivity contribution in [3.8, 4) is 5.75 Å². The molecule has 0 aliphatic carbocycles. The molecule has 0 radical (unpaired) electrons. The first-order valence-corrected chi connectivity index (χ1v) is 13.3. The number of likely N-dealkylation sites (N-methyl/N-ethyl adjacent to an activating group) is 1. The van der Waals surface area contributed by atoms with Crippen molar-refractivity contribution >= 4 is 35.3 Å². The van der Waals surface area contributed by atoms with E-state index in [4.69, 9.17) is 22.1 Å². The average molecular weight is 537 g/mol. The van der Waals surface area contributed by atoms with E-state index in [-0.39, 0.29) is 40.5 Å². The summed E-state index contributed by atoms with van der Waals surface area (Å²) in [6.07, 6.45) is 1.29. The molecule has 37 heavy (non-hydrogen) atoms. The van der Waals surface area contributed by atoms with Gasteiger partial charge >= 0.3 is 12.1 Å². The molecule has 1 aromatic rings. The smallest absolute Gasteiger partial charge is 0.407 e. The van der Waals surface area contributed by atoms with Crippen molar-refractivity contribution in [2.75, 3.05) is 65.2 Å². The van der Waals surface area contributed by atoms with Crippen molar-refractivity contribution in [1.29, 1.82) is 0 Å². The number of carboxylic acid groups (broad SMARTS) is 1. The Morgan fingerprint density at radius 3 is 2.59 bits per heavy atom. The Morgan fingerprint density at radius 1 is 1.16 bits per heavy atom. The molecule has 3 aliphatic heterocycles. The lowest BCUT2D eigenvalue weighted by Gasteiger charge is -2.43. The van der Waals surface area contributed by atoms with Crippen LogP contribution >= 0.6 is 11.6 Å². The molecule has 1 aromatic carbocycles. The van der Waals surface area contributed by atoms with Crippen molar-refractivity contribution in [1.82, 2.24) is 24.9 Å². The largest absolute Gasteiger partial charge is 0.496 e. The van der Waals surface area contributed by atoms with Gasteiger partial charge < -0.3 is 40.5 Å². The number of amides is 4. The molecule has 4 rings (SSSR count). The molecule has 3 aliphatic rings. The first kappa shape index (κ1) is 27.1. The highest BCUT2D eigenvalue weighted by Crippen LogP contribution is 2.33. The maximum absolute atomic E-state index is 13.3. The molecular weight excluding hydrogens is 500 g/mol. The van der Waals surface area contributed by atoms with Crippen LogP contribution in [0, 0.1) is 5.92 Å². The lowest BCUT2D eigenvalue weighted by Crippen LogP contribution is -2.58. The van der Waals surface area contributed by atoms with E-state index in [9.17, 15) is 19.5 Å². The number of urea groups is 1. The number of nitrogens with two attached hydrogens (primary N) is 1. The SMILES string of the molecule is CCN1CCN(CCN2CCC(NC(=O)c3cc(Cl)c(N)cc3OC)C(C3CCCN3C(=O)O)C2)C1=O. The molecule has 4 amide bonds. The Balaban J connectivity index is 1.48. The first-order valence-electron chi connectivity index (χ1n) is 12.9. The second-order valence-electron chi connectivity index (χ2n) is 9.94. The summed E-state index contributed by atoms with van der Waals surface area (Å²) < 4.78 is 5.36. The van der Waals surface area contributed by atoms with Crippen molar-refractivity contribution < 1.29 is 24.2 Å². The number of rotatable bonds is 8. The van der Waals surface area contributed by atoms with E-state index in [2.05, 4.69) is 10.2 Å². The van der Waals surface area contributed by atoms with E-state index in [1.165, 1.54) is 24.1 Å². The van der Waals surface area contributed by atoms with Crippen LogP contribution in [-0.2, 0) is 0 Å². The maximum Gasteiger partial charge on any atom is 0.407 e. The fourth-order valence-corrected chi connectivity index (χ4v) is 6.02. The minimum absolute atomic E-state index is 0.0742. The van der Waals surface area contributed by atoms with Gasteiger partial charge in [-0.15, -0.1) is 0 Å². The number of hydrogen-bond acceptors (Lipinski definition) is 6. The maximum atomic E-state index is 13.3. The molecule has 0 saturated carbocycles. The van der Waals surface area contributed by atoms with Crippen LogP contribution in [0.15, 0.2) is 12.1 Å². The fraction of sp³-hybridized carbons (Fsp3) is 0.640. The Morgan fingerprint density at radius 2 is 1.92 bits per heavy atom. The summed E-state index contributed by atoms with van der Waals surface area (Å²) in [5.41, 5.74) is 6.48. The number of carbonyl (C=O) groups excluding carboxylic acids is 2. The van der Waals surface area contributed by atoms with E-state index < -0.39 is 6.09 Å². The third-order valence-corrected chi connectivity index (χ3v) is 8.24. The van der Waals surface area contributed by atoms with Gasteiger partial charge in [-0.2, -0.15) is 0 Å². The molecule has 11 nitrogen and oxygen atoms in total. The molecule has 3 fully saturated rings. The Kier molecular flexibility index (Phi) is 8.53. The second kappa shape index (κ2) is 11.6. The molecule has 3 saturated heterocycles. The molecule has 12 heteroatoms. The second-order valence-corrected chi connectivity index (χ2v) is 10.3. The summed E-state index contributed by atoms with van der Waals surface area (Å²) in [4.78, 5) is 45.3. The highest BCUT2D eigenvalue weighted by atomic mass is 35.5. The van der Waals surface area contributed by atoms with Gasteiger partial charge in [-0.1, -0.05) is 11.6 Å². The summed E-state index contributed by atoms with van der Waals surface area (Å²) in [6.45, 7) is 7.38. The zero-order chi connectivity index (χ0) is 26.7. The average Bonchev–Trinajstić information content (AvgIpc) is 3.51. The number of nitrogens with zero attached hydrogens (tertiary/aromatic N) is 4. The summed E-state index contributed by atoms with van der Waals surface area (Å²) in [5, 5.41) is 13.2. The summed E-state index contributed by atoms with van der Waals surface area (Å²) >= 11 is 6.18. The normalized spacial score (nSPS) is 24.6. The predicted molar refractivity (Wildman–Crippen MR) is 140 cm³/mol. The Hall–Kier alpha value is -2.92. The molecule has 0 aromatic heterocycles. The van der Waals surface area contributed by atoms with Crippen LogP contribution in [0.5, 0.6) is 5.75 Å². The van der Waals surface area contributed by atoms with E-state index in [0.29, 0.717) is 50.6 Å². The lowest BCUT2D eigenvalue weighted by molar-refractivity contribution is 0.0604. The van der Waals surface area contributed by atoms with Gasteiger partial charge in [-0.05, 0) is 32.3 Å². The topological polar surface area (TPSA) is 132 Å². The van der Waals surface area contributed by atoms with Crippen LogP contribution in [0.3, 0.4) is 0 Å². The Labute approximate surface area is 222 Å². The van der Waals surface area contributed by atoms with Crippen molar-refractivity contribution in [2.45, 2.75) is 38.3 Å². The number of piperidine rings is 1. The van der Waals surface area contributed by atoms with Gasteiger partial charge in [0.15, 0.2) is 0 Å². The lowest BCUT2D eigenvalue weighted by atomic mass is 9.84. The molecule has 3 unspecified atom stereocenters. The number of hydrogen-bond donors (Lipinski definition) is 3. The van der Waals surface area contributed by atoms with E-state index in [1.54, 1.807) is 0 Å². The zero-order valence-corrected chi connectivity index (χ0v) is 22.2. The number of ether oxygens (including phenoxy) is 1. The molecule has 0 spiro atoms. The molecule has 204 valence electrons. The molecule has 0 bridgehead atoms. The number of nitrogens with one attached hydrogen (secondary N) is 1. The van der Waals surface area contributed by atoms with Crippen LogP contribution in [-0.4, -0.2) is 114 Å². The van der Waals surface area contributed by atoms with E-state index >= 15 is 0 Å². The fourth-order valence-electron chi connectivity index (χ4n) is 5.86. The number of anilines is 1. The van der Waals surface area contributed by atoms with Crippen molar-refractivity contribution in [2.24, 2.45) is 5.92 Å². The quantitative estimate of drug-likeness (QED) is 0.434. The predicted octanol–water partition coefficient (Wildman–Crippen LogP) is 2.25. The summed E-state index contributed by atoms with van der Waals surface area (Å²) in [5.74, 6) is -0.0878. The number of methoxy groups -OCH3 is 1. The Bertz CT molecular complexity index is 1030. The standard InChI is InChI=1S/C25H37ClN6O5/c1-3-30-11-12-31(24(30)34)10-9-29-8-6-20(17(15-29)21-5-4-7-32(21)25(35)36)28-23(33)16-13-18(26)19(27)14-22(16)37-2/h13-14,17,20-21H,3-12,15,27H2,1-2H3,(H,28,33)(H,35,36). The van der Waals surface area contributed by atoms with Crippen LogP contribution in [0.4, 0.5) is 15.3 Å². The van der Waals surface area contributed by atoms with Gasteiger partial charge in [0.25, 0.3) is 5.91 Å². The van der Waals surface area contributed by atoms with E-state index in [1.807, 2.05) is 16.7 Å². The number of carbonyl (C=O) groups is 3. The number of nitrogen functional groups attached to an aromatic ring is 1. The first-order chi connectivity index (χ1) is 17.7. The molecule has 3 heterocycles. The van der Waals surface area contributed by atoms with Gasteiger partial charge in [0, 0.05) is 76.4 Å². The summed E-state index contributed by atoms with van der Waals surface area (Å²) in [6, 6.07) is 2.69. The van der Waals surface area contributed by atoms with Crippen LogP contribution in [0.2, 0.25) is 5.02 Å². The molecule has 3 atom stereocenters. The number of benzene rings is 1. The number of halogens is 1. The van der Waals surface area contributed by atoms with Crippen LogP contribution in [0.25, 0.3) is 0 Å². The van der Waals surface area contributed by atoms with Gasteiger partial charge in [0.1, 0.15) is 5.75 Å². The van der Waals surface area contributed by atoms with Crippen LogP contribution in [0.1, 0.15) is 36.5 Å². The zero-order valence-electron chi connectivity index (χ0n) is 21.5. The third-order valence-electron chi connectivity index (χ3n) is 7.91. The third kappa shape index (κ3) is 5.82. The molecular formula is C25H37ClN6O5. The van der Waals surface area contributed by atoms with Gasteiger partial charge in [-0.3, -0.25) is 4.79 Å². The summed E-state index contributed by atoms with van der Waals surface area (Å²) in [7, 11) is 1.47. The van der Waals surface area contributed by atoms with Crippen LogP contribution < -0.4 is 15.8 Å². The highest BCUT2D eigenvalue weighted by Gasteiger charge is 2.42. The minimum atomic E-state index is -0.931. The molecule has 4 N–H and O–H groups in total. The van der Waals surface area contributed by atoms with Gasteiger partial charge in [0.2, 0.25) is 0 Å². The monoisotopic (exact) mass is 536 g/mol. The minimum Gasteiger partial charge on any atom is -0.496 e.